The van der Waals surface area contributed by atoms with E-state index >= 15 is 0 Å². The molecule has 1 unspecified atom stereocenters. The molecule has 0 fully saturated rings. The number of carbonyl (C=O) groups excluding carboxylic acids is 1. The highest BCUT2D eigenvalue weighted by atomic mass is 16.1. The Morgan fingerprint density at radius 3 is 2.88 bits per heavy atom. The van der Waals surface area contributed by atoms with Gasteiger partial charge in [-0.25, -0.2) is 0 Å². The molecule has 0 bridgehead atoms. The Morgan fingerprint density at radius 2 is 2.24 bits per heavy atom. The second-order valence-electron chi connectivity index (χ2n) is 4.31. The number of nitriles is 1. The highest BCUT2D eigenvalue weighted by Crippen LogP contribution is 2.32. The van der Waals surface area contributed by atoms with Crippen LogP contribution in [0.3, 0.4) is 0 Å². The third-order valence-electron chi connectivity index (χ3n) is 3.24. The van der Waals surface area contributed by atoms with E-state index in [4.69, 9.17) is 5.26 Å². The molecule has 1 aliphatic heterocycles. The smallest absolute Gasteiger partial charge is 0.143 e. The molecule has 3 nitrogen and oxygen atoms in total. The summed E-state index contributed by atoms with van der Waals surface area (Å²) in [5.74, 6) is 0. The first-order chi connectivity index (χ1) is 8.17. The van der Waals surface area contributed by atoms with E-state index in [9.17, 15) is 4.79 Å². The lowest BCUT2D eigenvalue weighted by Crippen LogP contribution is -2.30. The summed E-state index contributed by atoms with van der Waals surface area (Å²) < 4.78 is 0. The van der Waals surface area contributed by atoms with Gasteiger partial charge in [-0.1, -0.05) is 11.6 Å². The molecule has 0 saturated carbocycles. The van der Waals surface area contributed by atoms with Crippen molar-refractivity contribution in [2.75, 3.05) is 4.90 Å². The number of hydrogen-bond acceptors (Lipinski definition) is 3. The summed E-state index contributed by atoms with van der Waals surface area (Å²) in [6.07, 6.45) is 1.74. The minimum atomic E-state index is -0.135. The predicted molar refractivity (Wildman–Crippen MR) is 66.5 cm³/mol. The molecular formula is C14H14N2O. The van der Waals surface area contributed by atoms with Gasteiger partial charge in [-0.15, -0.1) is 0 Å². The predicted octanol–water partition coefficient (Wildman–Crippen LogP) is 2.63. The van der Waals surface area contributed by atoms with E-state index in [1.165, 1.54) is 5.57 Å². The molecule has 1 atom stereocenters. The fraction of sp³-hybridized carbons (Fsp3) is 0.286. The van der Waals surface area contributed by atoms with Gasteiger partial charge in [-0.05, 0) is 38.5 Å². The largest absolute Gasteiger partial charge is 0.335 e. The monoisotopic (exact) mass is 226 g/mol. The molecule has 1 heterocycles. The normalized spacial score (nSPS) is 19.4. The van der Waals surface area contributed by atoms with Crippen LogP contribution in [0, 0.1) is 11.3 Å². The zero-order valence-corrected chi connectivity index (χ0v) is 9.97. The van der Waals surface area contributed by atoms with Crippen molar-refractivity contribution in [3.05, 3.63) is 41.1 Å². The first kappa shape index (κ1) is 11.4. The Morgan fingerprint density at radius 1 is 1.47 bits per heavy atom. The number of rotatable bonds is 2. The molecule has 0 amide bonds. The molecule has 0 radical (unpaired) electrons. The summed E-state index contributed by atoms with van der Waals surface area (Å²) in [7, 11) is 0. The summed E-state index contributed by atoms with van der Waals surface area (Å²) >= 11 is 0. The minimum Gasteiger partial charge on any atom is -0.335 e. The van der Waals surface area contributed by atoms with Gasteiger partial charge in [0.05, 0.1) is 17.7 Å². The molecule has 0 aliphatic carbocycles. The number of benzene rings is 1. The Bertz CT molecular complexity index is 525. The summed E-state index contributed by atoms with van der Waals surface area (Å²) in [6.45, 7) is 4.05. The van der Waals surface area contributed by atoms with E-state index in [2.05, 4.69) is 6.07 Å². The van der Waals surface area contributed by atoms with E-state index in [0.29, 0.717) is 5.56 Å². The Balaban J connectivity index is 2.44. The first-order valence-electron chi connectivity index (χ1n) is 5.58. The number of allylic oxidation sites excluding steroid dienone is 1. The van der Waals surface area contributed by atoms with Gasteiger partial charge in [-0.2, -0.15) is 5.26 Å². The number of aldehydes is 1. The maximum absolute atomic E-state index is 11.1. The molecule has 0 aromatic heterocycles. The van der Waals surface area contributed by atoms with Gasteiger partial charge in [-0.3, -0.25) is 0 Å². The van der Waals surface area contributed by atoms with E-state index in [0.717, 1.165) is 24.1 Å². The SMILES string of the molecule is CC1=C(C)N(c2cccc(C#N)c2)C(C=O)C1. The van der Waals surface area contributed by atoms with Gasteiger partial charge in [0, 0.05) is 11.4 Å². The highest BCUT2D eigenvalue weighted by Gasteiger charge is 2.28. The fourth-order valence-corrected chi connectivity index (χ4v) is 2.23. The van der Waals surface area contributed by atoms with Crippen LogP contribution in [0.5, 0.6) is 0 Å². The van der Waals surface area contributed by atoms with Crippen LogP contribution in [0.1, 0.15) is 25.8 Å². The average molecular weight is 226 g/mol. The van der Waals surface area contributed by atoms with E-state index in [1.54, 1.807) is 6.07 Å². The van der Waals surface area contributed by atoms with Crippen LogP contribution in [0.25, 0.3) is 0 Å². The van der Waals surface area contributed by atoms with Gasteiger partial charge in [0.15, 0.2) is 0 Å². The molecule has 1 aliphatic rings. The van der Waals surface area contributed by atoms with Crippen LogP contribution in [-0.2, 0) is 4.79 Å². The topological polar surface area (TPSA) is 44.1 Å². The molecule has 1 aromatic carbocycles. The lowest BCUT2D eigenvalue weighted by molar-refractivity contribution is -0.108. The third-order valence-corrected chi connectivity index (χ3v) is 3.24. The number of carbonyl (C=O) groups is 1. The standard InChI is InChI=1S/C14H14N2O/c1-10-6-14(9-17)16(11(10)2)13-5-3-4-12(7-13)8-15/h3-5,7,9,14H,6H2,1-2H3. The van der Waals surface area contributed by atoms with Gasteiger partial charge in [0.25, 0.3) is 0 Å². The molecule has 0 spiro atoms. The van der Waals surface area contributed by atoms with Crippen LogP contribution >= 0.6 is 0 Å². The van der Waals surface area contributed by atoms with Crippen molar-refractivity contribution in [3.8, 4) is 6.07 Å². The summed E-state index contributed by atoms with van der Waals surface area (Å²) in [5, 5.41) is 8.90. The molecule has 0 N–H and O–H groups in total. The maximum Gasteiger partial charge on any atom is 0.143 e. The molecule has 0 saturated heterocycles. The number of nitrogens with zero attached hydrogens (tertiary/aromatic N) is 2. The molecular weight excluding hydrogens is 212 g/mol. The van der Waals surface area contributed by atoms with Crippen LogP contribution in [0.2, 0.25) is 0 Å². The van der Waals surface area contributed by atoms with Crippen LogP contribution < -0.4 is 4.90 Å². The van der Waals surface area contributed by atoms with Gasteiger partial charge in [0.1, 0.15) is 6.29 Å². The fourth-order valence-electron chi connectivity index (χ4n) is 2.23. The molecule has 1 aromatic rings. The lowest BCUT2D eigenvalue weighted by Gasteiger charge is -2.25. The summed E-state index contributed by atoms with van der Waals surface area (Å²) in [5.41, 5.74) is 3.86. The third kappa shape index (κ3) is 1.94. The Kier molecular flexibility index (Phi) is 2.97. The number of hydrogen-bond donors (Lipinski definition) is 0. The van der Waals surface area contributed by atoms with Crippen molar-refractivity contribution in [1.82, 2.24) is 0 Å². The lowest BCUT2D eigenvalue weighted by atomic mass is 10.1. The van der Waals surface area contributed by atoms with Crippen LogP contribution in [-0.4, -0.2) is 12.3 Å². The van der Waals surface area contributed by atoms with E-state index in [1.807, 2.05) is 36.9 Å². The Labute approximate surface area is 101 Å². The van der Waals surface area contributed by atoms with Crippen molar-refractivity contribution in [2.24, 2.45) is 0 Å². The highest BCUT2D eigenvalue weighted by molar-refractivity contribution is 5.72. The maximum atomic E-state index is 11.1. The molecule has 86 valence electrons. The van der Waals surface area contributed by atoms with E-state index in [-0.39, 0.29) is 6.04 Å². The minimum absolute atomic E-state index is 0.135. The van der Waals surface area contributed by atoms with Crippen molar-refractivity contribution >= 4 is 12.0 Å². The second kappa shape index (κ2) is 4.42. The Hall–Kier alpha value is -2.08. The van der Waals surface area contributed by atoms with Crippen molar-refractivity contribution in [1.29, 1.82) is 5.26 Å². The quantitative estimate of drug-likeness (QED) is 0.728. The van der Waals surface area contributed by atoms with Crippen molar-refractivity contribution in [3.63, 3.8) is 0 Å². The summed E-state index contributed by atoms with van der Waals surface area (Å²) in [4.78, 5) is 13.1. The number of anilines is 1. The zero-order valence-electron chi connectivity index (χ0n) is 9.97. The average Bonchev–Trinajstić information content (AvgIpc) is 2.65. The second-order valence-corrected chi connectivity index (χ2v) is 4.31. The van der Waals surface area contributed by atoms with E-state index < -0.39 is 0 Å². The molecule has 17 heavy (non-hydrogen) atoms. The zero-order chi connectivity index (χ0) is 12.4. The van der Waals surface area contributed by atoms with Gasteiger partial charge >= 0.3 is 0 Å². The first-order valence-corrected chi connectivity index (χ1v) is 5.58. The van der Waals surface area contributed by atoms with Crippen molar-refractivity contribution in [2.45, 2.75) is 26.3 Å². The van der Waals surface area contributed by atoms with Gasteiger partial charge < -0.3 is 9.69 Å². The summed E-state index contributed by atoms with van der Waals surface area (Å²) in [6, 6.07) is 9.34. The van der Waals surface area contributed by atoms with Crippen LogP contribution in [0.15, 0.2) is 35.5 Å². The van der Waals surface area contributed by atoms with Gasteiger partial charge in [0.2, 0.25) is 0 Å². The van der Waals surface area contributed by atoms with Crippen LogP contribution in [0.4, 0.5) is 5.69 Å². The molecule has 2 rings (SSSR count). The molecule has 3 heteroatoms. The van der Waals surface area contributed by atoms with Crippen molar-refractivity contribution < 1.29 is 4.79 Å².